The number of aromatic nitrogens is 3. The Morgan fingerprint density at radius 1 is 1.10 bits per heavy atom. The van der Waals surface area contributed by atoms with Crippen molar-refractivity contribution in [2.75, 3.05) is 27.2 Å². The van der Waals surface area contributed by atoms with E-state index in [4.69, 9.17) is 5.10 Å². The van der Waals surface area contributed by atoms with E-state index in [1.165, 1.54) is 12.1 Å². The summed E-state index contributed by atoms with van der Waals surface area (Å²) < 4.78 is 15.4. The predicted molar refractivity (Wildman–Crippen MR) is 113 cm³/mol. The van der Waals surface area contributed by atoms with Crippen molar-refractivity contribution in [3.8, 4) is 34.2 Å². The van der Waals surface area contributed by atoms with Gasteiger partial charge >= 0.3 is 0 Å². The third-order valence-corrected chi connectivity index (χ3v) is 4.94. The molecule has 0 saturated heterocycles. The summed E-state index contributed by atoms with van der Waals surface area (Å²) in [5.41, 5.74) is 4.42. The lowest BCUT2D eigenvalue weighted by atomic mass is 9.99. The number of carbonyl (C=O) groups is 1. The second-order valence-corrected chi connectivity index (χ2v) is 7.40. The van der Waals surface area contributed by atoms with E-state index in [1.54, 1.807) is 29.4 Å². The molecule has 0 bridgehead atoms. The first-order chi connectivity index (χ1) is 14.5. The van der Waals surface area contributed by atoms with Crippen molar-refractivity contribution in [2.45, 2.75) is 13.1 Å². The average molecular weight is 403 g/mol. The lowest BCUT2D eigenvalue weighted by Gasteiger charge is -2.26. The largest absolute Gasteiger partial charge is 0.324 e. The number of pyridine rings is 1. The highest BCUT2D eigenvalue weighted by Crippen LogP contribution is 2.36. The normalized spacial score (nSPS) is 13.0. The molecule has 2 aromatic heterocycles. The molecular weight excluding hydrogens is 381 g/mol. The van der Waals surface area contributed by atoms with Gasteiger partial charge in [-0.2, -0.15) is 5.10 Å². The van der Waals surface area contributed by atoms with Gasteiger partial charge in [-0.05, 0) is 62.0 Å². The summed E-state index contributed by atoms with van der Waals surface area (Å²) in [6.45, 7) is 2.08. The fraction of sp³-hybridized carbons (Fsp3) is 0.261. The zero-order valence-electron chi connectivity index (χ0n) is 17.0. The summed E-state index contributed by atoms with van der Waals surface area (Å²) in [6.07, 6.45) is 3.46. The zero-order chi connectivity index (χ0) is 21.1. The molecule has 0 saturated carbocycles. The van der Waals surface area contributed by atoms with Gasteiger partial charge in [0.15, 0.2) is 0 Å². The van der Waals surface area contributed by atoms with Crippen LogP contribution >= 0.6 is 0 Å². The number of amides is 1. The van der Waals surface area contributed by atoms with Gasteiger partial charge in [0, 0.05) is 30.1 Å². The van der Waals surface area contributed by atoms with Crippen LogP contribution in [0.2, 0.25) is 0 Å². The van der Waals surface area contributed by atoms with Gasteiger partial charge in [0.1, 0.15) is 11.5 Å². The minimum atomic E-state index is -0.291. The van der Waals surface area contributed by atoms with Crippen LogP contribution in [0.25, 0.3) is 22.4 Å². The Balaban J connectivity index is 1.73. The number of halogens is 1. The fourth-order valence-electron chi connectivity index (χ4n) is 3.48. The standard InChI is InChI=1S/C23H22FN5O/c1-27(2)13-3-4-21(30)28-14-15-29-20(16-28)22(17-9-11-25-12-10-17)23(26-29)18-5-7-19(24)8-6-18/h5-12H,13-16H2,1-2H3. The van der Waals surface area contributed by atoms with E-state index in [1.807, 2.05) is 35.8 Å². The SMILES string of the molecule is CN(C)CC#CC(=O)N1CCn2nc(-c3ccc(F)cc3)c(-c3ccncc3)c2C1. The third-order valence-electron chi connectivity index (χ3n) is 4.94. The highest BCUT2D eigenvalue weighted by atomic mass is 19.1. The lowest BCUT2D eigenvalue weighted by Crippen LogP contribution is -2.38. The summed E-state index contributed by atoms with van der Waals surface area (Å²) >= 11 is 0. The molecule has 0 N–H and O–H groups in total. The number of fused-ring (bicyclic) bond motifs is 1. The molecular formula is C23H22FN5O. The van der Waals surface area contributed by atoms with E-state index in [2.05, 4.69) is 16.8 Å². The van der Waals surface area contributed by atoms with Gasteiger partial charge in [-0.15, -0.1) is 0 Å². The number of rotatable bonds is 3. The van der Waals surface area contributed by atoms with E-state index in [0.29, 0.717) is 26.2 Å². The Morgan fingerprint density at radius 3 is 2.53 bits per heavy atom. The fourth-order valence-corrected chi connectivity index (χ4v) is 3.48. The van der Waals surface area contributed by atoms with Crippen molar-refractivity contribution in [2.24, 2.45) is 0 Å². The van der Waals surface area contributed by atoms with Gasteiger partial charge in [-0.1, -0.05) is 5.92 Å². The van der Waals surface area contributed by atoms with Gasteiger partial charge in [0.2, 0.25) is 0 Å². The molecule has 0 spiro atoms. The minimum absolute atomic E-state index is 0.187. The molecule has 0 atom stereocenters. The molecule has 0 radical (unpaired) electrons. The van der Waals surface area contributed by atoms with E-state index in [9.17, 15) is 9.18 Å². The molecule has 0 fully saturated rings. The second-order valence-electron chi connectivity index (χ2n) is 7.40. The number of carbonyl (C=O) groups excluding carboxylic acids is 1. The summed E-state index contributed by atoms with van der Waals surface area (Å²) in [6, 6.07) is 10.2. The molecule has 7 heteroatoms. The summed E-state index contributed by atoms with van der Waals surface area (Å²) in [5, 5.41) is 4.80. The van der Waals surface area contributed by atoms with Crippen molar-refractivity contribution in [1.82, 2.24) is 24.6 Å². The van der Waals surface area contributed by atoms with Gasteiger partial charge in [-0.25, -0.2) is 4.39 Å². The maximum atomic E-state index is 13.5. The van der Waals surface area contributed by atoms with Crippen LogP contribution in [0.5, 0.6) is 0 Å². The number of nitrogens with zero attached hydrogens (tertiary/aromatic N) is 5. The van der Waals surface area contributed by atoms with E-state index in [-0.39, 0.29) is 11.7 Å². The van der Waals surface area contributed by atoms with E-state index in [0.717, 1.165) is 28.1 Å². The van der Waals surface area contributed by atoms with Crippen molar-refractivity contribution >= 4 is 5.91 Å². The maximum Gasteiger partial charge on any atom is 0.298 e. The topological polar surface area (TPSA) is 54.3 Å². The minimum Gasteiger partial charge on any atom is -0.324 e. The van der Waals surface area contributed by atoms with Crippen LogP contribution in [0, 0.1) is 17.7 Å². The van der Waals surface area contributed by atoms with E-state index >= 15 is 0 Å². The van der Waals surface area contributed by atoms with Gasteiger partial charge in [0.25, 0.3) is 5.91 Å². The summed E-state index contributed by atoms with van der Waals surface area (Å²) in [5.74, 6) is 5.16. The number of hydrogen-bond acceptors (Lipinski definition) is 4. The summed E-state index contributed by atoms with van der Waals surface area (Å²) in [7, 11) is 3.83. The molecule has 0 aliphatic carbocycles. The number of benzene rings is 1. The first kappa shape index (κ1) is 19.8. The van der Waals surface area contributed by atoms with Crippen LogP contribution in [0.1, 0.15) is 5.69 Å². The highest BCUT2D eigenvalue weighted by molar-refractivity contribution is 5.94. The van der Waals surface area contributed by atoms with Gasteiger partial charge in [-0.3, -0.25) is 19.4 Å². The van der Waals surface area contributed by atoms with Crippen LogP contribution < -0.4 is 0 Å². The highest BCUT2D eigenvalue weighted by Gasteiger charge is 2.27. The first-order valence-corrected chi connectivity index (χ1v) is 9.71. The Kier molecular flexibility index (Phi) is 5.59. The van der Waals surface area contributed by atoms with E-state index < -0.39 is 0 Å². The molecule has 3 heterocycles. The molecule has 0 unspecified atom stereocenters. The van der Waals surface area contributed by atoms with Gasteiger partial charge in [0.05, 0.1) is 25.3 Å². The molecule has 1 aliphatic heterocycles. The zero-order valence-corrected chi connectivity index (χ0v) is 17.0. The van der Waals surface area contributed by atoms with Gasteiger partial charge < -0.3 is 4.90 Å². The Bertz CT molecular complexity index is 1110. The van der Waals surface area contributed by atoms with Crippen LogP contribution in [0.3, 0.4) is 0 Å². The molecule has 1 aromatic carbocycles. The van der Waals surface area contributed by atoms with Crippen molar-refractivity contribution in [1.29, 1.82) is 0 Å². The van der Waals surface area contributed by atoms with Crippen LogP contribution in [-0.4, -0.2) is 57.7 Å². The van der Waals surface area contributed by atoms with Crippen molar-refractivity contribution in [3.05, 3.63) is 60.3 Å². The maximum absolute atomic E-state index is 13.5. The smallest absolute Gasteiger partial charge is 0.298 e. The lowest BCUT2D eigenvalue weighted by molar-refractivity contribution is -0.126. The molecule has 152 valence electrons. The van der Waals surface area contributed by atoms with Crippen LogP contribution in [0.4, 0.5) is 4.39 Å². The average Bonchev–Trinajstić information content (AvgIpc) is 3.13. The molecule has 3 aromatic rings. The molecule has 6 nitrogen and oxygen atoms in total. The molecule has 1 aliphatic rings. The monoisotopic (exact) mass is 403 g/mol. The Morgan fingerprint density at radius 2 is 1.83 bits per heavy atom. The van der Waals surface area contributed by atoms with Crippen LogP contribution in [0.15, 0.2) is 48.8 Å². The molecule has 4 rings (SSSR count). The quantitative estimate of drug-likeness (QED) is 0.631. The van der Waals surface area contributed by atoms with Crippen molar-refractivity contribution < 1.29 is 9.18 Å². The Hall–Kier alpha value is -3.50. The molecule has 1 amide bonds. The molecule has 30 heavy (non-hydrogen) atoms. The second kappa shape index (κ2) is 8.47. The Labute approximate surface area is 174 Å². The summed E-state index contributed by atoms with van der Waals surface area (Å²) in [4.78, 5) is 20.4. The number of hydrogen-bond donors (Lipinski definition) is 0. The van der Waals surface area contributed by atoms with Crippen molar-refractivity contribution in [3.63, 3.8) is 0 Å². The predicted octanol–water partition coefficient (Wildman–Crippen LogP) is 2.66. The van der Waals surface area contributed by atoms with Crippen LogP contribution in [-0.2, 0) is 17.9 Å². The first-order valence-electron chi connectivity index (χ1n) is 9.71. The third kappa shape index (κ3) is 4.09.